The van der Waals surface area contributed by atoms with Crippen LogP contribution in [0.2, 0.25) is 5.02 Å². The van der Waals surface area contributed by atoms with Crippen LogP contribution in [0.25, 0.3) is 0 Å². The summed E-state index contributed by atoms with van der Waals surface area (Å²) in [7, 11) is 0. The normalized spacial score (nSPS) is 10.1. The highest BCUT2D eigenvalue weighted by molar-refractivity contribution is 6.34. The number of carbonyl (C=O) groups is 1. The molecule has 0 saturated carbocycles. The van der Waals surface area contributed by atoms with Gasteiger partial charge in [-0.15, -0.1) is 0 Å². The van der Waals surface area contributed by atoms with Crippen molar-refractivity contribution in [2.45, 2.75) is 0 Å². The molecule has 8 nitrogen and oxygen atoms in total. The molecule has 0 aliphatic carbocycles. The Balaban J connectivity index is 2.33. The maximum Gasteiger partial charge on any atom is 0.294 e. The van der Waals surface area contributed by atoms with Crippen molar-refractivity contribution < 1.29 is 9.72 Å². The minimum Gasteiger partial charge on any atom is -0.392 e. The number of anilines is 2. The Morgan fingerprint density at radius 3 is 2.60 bits per heavy atom. The number of nitrogens with zero attached hydrogens (tertiary/aromatic N) is 3. The summed E-state index contributed by atoms with van der Waals surface area (Å²) >= 11 is 5.77. The fourth-order valence-corrected chi connectivity index (χ4v) is 1.64. The first-order chi connectivity index (χ1) is 9.49. The molecule has 1 heterocycles. The minimum atomic E-state index is -0.711. The average Bonchev–Trinajstić information content (AvgIpc) is 2.42. The van der Waals surface area contributed by atoms with E-state index in [0.29, 0.717) is 0 Å². The molecule has 20 heavy (non-hydrogen) atoms. The molecule has 1 amide bonds. The van der Waals surface area contributed by atoms with Gasteiger partial charge < -0.3 is 5.73 Å². The molecule has 0 spiro atoms. The van der Waals surface area contributed by atoms with Crippen LogP contribution in [0, 0.1) is 10.1 Å². The predicted octanol–water partition coefficient (Wildman–Crippen LogP) is 1.87. The first kappa shape index (κ1) is 13.7. The number of nitrogens with one attached hydrogen (secondary N) is 1. The van der Waals surface area contributed by atoms with Crippen LogP contribution in [0.15, 0.2) is 30.6 Å². The van der Waals surface area contributed by atoms with Crippen LogP contribution >= 0.6 is 11.6 Å². The Kier molecular flexibility index (Phi) is 3.76. The number of nitro benzene ring substituents is 1. The zero-order chi connectivity index (χ0) is 14.7. The average molecular weight is 294 g/mol. The molecule has 9 heteroatoms. The number of aromatic nitrogens is 2. The monoisotopic (exact) mass is 293 g/mol. The molecule has 0 fully saturated rings. The van der Waals surface area contributed by atoms with Gasteiger partial charge in [-0.1, -0.05) is 11.6 Å². The second-order valence-electron chi connectivity index (χ2n) is 3.67. The molecule has 0 bridgehead atoms. The van der Waals surface area contributed by atoms with Crippen molar-refractivity contribution in [2.75, 3.05) is 11.1 Å². The molecule has 0 aliphatic rings. The van der Waals surface area contributed by atoms with E-state index < -0.39 is 16.5 Å². The first-order valence-corrected chi connectivity index (χ1v) is 5.68. The van der Waals surface area contributed by atoms with E-state index in [4.69, 9.17) is 17.3 Å². The lowest BCUT2D eigenvalue weighted by atomic mass is 10.1. The molecule has 1 aromatic heterocycles. The van der Waals surface area contributed by atoms with Gasteiger partial charge in [-0.25, -0.2) is 9.97 Å². The number of nitrogen functional groups attached to an aromatic ring is 1. The summed E-state index contributed by atoms with van der Waals surface area (Å²) in [4.78, 5) is 29.7. The molecule has 3 N–H and O–H groups in total. The van der Waals surface area contributed by atoms with E-state index in [1.54, 1.807) is 6.07 Å². The number of hydrogen-bond acceptors (Lipinski definition) is 6. The number of amides is 1. The predicted molar refractivity (Wildman–Crippen MR) is 72.5 cm³/mol. The van der Waals surface area contributed by atoms with E-state index in [2.05, 4.69) is 15.3 Å². The number of carbonyl (C=O) groups excluding carboxylic acids is 1. The fraction of sp³-hybridized carbons (Fsp3) is 0. The maximum atomic E-state index is 11.9. The smallest absolute Gasteiger partial charge is 0.294 e. The van der Waals surface area contributed by atoms with Crippen LogP contribution in [-0.4, -0.2) is 20.8 Å². The van der Waals surface area contributed by atoms with Crippen LogP contribution in [0.1, 0.15) is 10.4 Å². The van der Waals surface area contributed by atoms with Gasteiger partial charge in [0.2, 0.25) is 5.95 Å². The number of halogens is 1. The molecule has 2 rings (SSSR count). The molecule has 0 radical (unpaired) electrons. The third-order valence-electron chi connectivity index (χ3n) is 2.36. The van der Waals surface area contributed by atoms with Crippen molar-refractivity contribution in [3.05, 3.63) is 51.3 Å². The van der Waals surface area contributed by atoms with Gasteiger partial charge >= 0.3 is 0 Å². The summed E-state index contributed by atoms with van der Waals surface area (Å²) in [5.74, 6) is -0.547. The van der Waals surface area contributed by atoms with E-state index in [1.807, 2.05) is 0 Å². The second kappa shape index (κ2) is 5.49. The third kappa shape index (κ3) is 2.81. The van der Waals surface area contributed by atoms with E-state index in [-0.39, 0.29) is 22.2 Å². The number of rotatable bonds is 3. The molecular weight excluding hydrogens is 286 g/mol. The van der Waals surface area contributed by atoms with E-state index in [1.165, 1.54) is 18.5 Å². The van der Waals surface area contributed by atoms with Gasteiger partial charge in [0, 0.05) is 24.0 Å². The van der Waals surface area contributed by atoms with Crippen LogP contribution in [0.5, 0.6) is 0 Å². The lowest BCUT2D eigenvalue weighted by Crippen LogP contribution is -2.14. The molecule has 1 aromatic carbocycles. The molecular formula is C11H8ClN5O3. The highest BCUT2D eigenvalue weighted by Crippen LogP contribution is 2.30. The van der Waals surface area contributed by atoms with Crippen molar-refractivity contribution in [3.63, 3.8) is 0 Å². The Hall–Kier alpha value is -2.74. The molecule has 0 atom stereocenters. The summed E-state index contributed by atoms with van der Waals surface area (Å²) in [5.41, 5.74) is 4.84. The summed E-state index contributed by atoms with van der Waals surface area (Å²) < 4.78 is 0. The quantitative estimate of drug-likeness (QED) is 0.505. The van der Waals surface area contributed by atoms with Gasteiger partial charge in [-0.3, -0.25) is 20.2 Å². The van der Waals surface area contributed by atoms with Crippen LogP contribution < -0.4 is 11.1 Å². The standard InChI is InChI=1S/C11H8ClN5O3/c12-7-4-6(5-8(9(7)13)17(19)20)10(18)16-11-14-2-1-3-15-11/h1-5H,13H2,(H,14,15,16,18). The van der Waals surface area contributed by atoms with Crippen molar-refractivity contribution in [1.82, 2.24) is 9.97 Å². The Morgan fingerprint density at radius 1 is 1.35 bits per heavy atom. The van der Waals surface area contributed by atoms with Gasteiger partial charge in [0.1, 0.15) is 5.69 Å². The molecule has 0 saturated heterocycles. The Morgan fingerprint density at radius 2 is 2.00 bits per heavy atom. The highest BCUT2D eigenvalue weighted by atomic mass is 35.5. The Bertz CT molecular complexity index is 677. The van der Waals surface area contributed by atoms with Gasteiger partial charge in [-0.2, -0.15) is 0 Å². The third-order valence-corrected chi connectivity index (χ3v) is 2.67. The van der Waals surface area contributed by atoms with Crippen molar-refractivity contribution in [3.8, 4) is 0 Å². The summed E-state index contributed by atoms with van der Waals surface area (Å²) in [6.45, 7) is 0. The molecule has 0 aliphatic heterocycles. The summed E-state index contributed by atoms with van der Waals surface area (Å²) in [6.07, 6.45) is 2.89. The molecule has 2 aromatic rings. The van der Waals surface area contributed by atoms with Gasteiger partial charge in [0.05, 0.1) is 9.95 Å². The zero-order valence-corrected chi connectivity index (χ0v) is 10.7. The van der Waals surface area contributed by atoms with E-state index >= 15 is 0 Å². The lowest BCUT2D eigenvalue weighted by Gasteiger charge is -2.05. The Labute approximate surface area is 117 Å². The fourth-order valence-electron chi connectivity index (χ4n) is 1.42. The van der Waals surface area contributed by atoms with Gasteiger partial charge in [0.15, 0.2) is 0 Å². The maximum absolute atomic E-state index is 11.9. The van der Waals surface area contributed by atoms with Gasteiger partial charge in [0.25, 0.3) is 11.6 Å². The molecule has 0 unspecified atom stereocenters. The largest absolute Gasteiger partial charge is 0.392 e. The van der Waals surface area contributed by atoms with Crippen molar-refractivity contribution >= 4 is 34.8 Å². The van der Waals surface area contributed by atoms with E-state index in [0.717, 1.165) is 6.07 Å². The number of nitro groups is 1. The number of hydrogen-bond donors (Lipinski definition) is 2. The summed E-state index contributed by atoms with van der Waals surface area (Å²) in [6, 6.07) is 3.86. The van der Waals surface area contributed by atoms with Gasteiger partial charge in [-0.05, 0) is 12.1 Å². The van der Waals surface area contributed by atoms with Crippen LogP contribution in [-0.2, 0) is 0 Å². The summed E-state index contributed by atoms with van der Waals surface area (Å²) in [5, 5.41) is 13.1. The zero-order valence-electron chi connectivity index (χ0n) is 9.91. The van der Waals surface area contributed by atoms with Crippen LogP contribution in [0.4, 0.5) is 17.3 Å². The lowest BCUT2D eigenvalue weighted by molar-refractivity contribution is -0.383. The second-order valence-corrected chi connectivity index (χ2v) is 4.08. The molecule has 102 valence electrons. The topological polar surface area (TPSA) is 124 Å². The van der Waals surface area contributed by atoms with Crippen molar-refractivity contribution in [2.24, 2.45) is 0 Å². The number of nitrogens with two attached hydrogens (primary N) is 1. The van der Waals surface area contributed by atoms with Crippen LogP contribution in [0.3, 0.4) is 0 Å². The minimum absolute atomic E-state index is 0.0108. The first-order valence-electron chi connectivity index (χ1n) is 5.31. The number of benzene rings is 1. The van der Waals surface area contributed by atoms with E-state index in [9.17, 15) is 14.9 Å². The SMILES string of the molecule is Nc1c(Cl)cc(C(=O)Nc2ncccn2)cc1[N+](=O)[O-]. The van der Waals surface area contributed by atoms with Crippen molar-refractivity contribution in [1.29, 1.82) is 0 Å². The highest BCUT2D eigenvalue weighted by Gasteiger charge is 2.19.